The molecule has 0 fully saturated rings. The minimum Gasteiger partial charge on any atom is -0.478 e. The van der Waals surface area contributed by atoms with Crippen molar-refractivity contribution in [3.05, 3.63) is 65.7 Å². The van der Waals surface area contributed by atoms with Crippen molar-refractivity contribution in [1.29, 1.82) is 0 Å². The first-order valence-corrected chi connectivity index (χ1v) is 7.20. The van der Waals surface area contributed by atoms with E-state index >= 15 is 0 Å². The Labute approximate surface area is 137 Å². The van der Waals surface area contributed by atoms with E-state index in [0.717, 1.165) is 0 Å². The fraction of sp³-hybridized carbons (Fsp3) is 0.176. The van der Waals surface area contributed by atoms with Crippen molar-refractivity contribution in [3.8, 4) is 5.75 Å². The summed E-state index contributed by atoms with van der Waals surface area (Å²) in [5, 5.41) is 0. The van der Waals surface area contributed by atoms with Gasteiger partial charge in [0.15, 0.2) is 17.7 Å². The van der Waals surface area contributed by atoms with Crippen LogP contribution >= 0.6 is 0 Å². The maximum atomic E-state index is 13.4. The molecule has 2 amide bonds. The lowest BCUT2D eigenvalue weighted by Gasteiger charge is -2.15. The van der Waals surface area contributed by atoms with Crippen molar-refractivity contribution in [2.24, 2.45) is 0 Å². The number of hydrazine groups is 1. The average molecular weight is 334 g/mol. The Kier molecular flexibility index (Phi) is 5.83. The molecule has 2 aromatic rings. The van der Waals surface area contributed by atoms with Gasteiger partial charge >= 0.3 is 0 Å². The maximum absolute atomic E-state index is 13.4. The van der Waals surface area contributed by atoms with Gasteiger partial charge in [0.2, 0.25) is 5.91 Å². The molecule has 0 bridgehead atoms. The molecule has 7 heteroatoms. The molecular weight excluding hydrogens is 318 g/mol. The summed E-state index contributed by atoms with van der Waals surface area (Å²) in [4.78, 5) is 23.5. The first-order chi connectivity index (χ1) is 11.5. The number of carbonyl (C=O) groups excluding carboxylic acids is 2. The highest BCUT2D eigenvalue weighted by Gasteiger charge is 2.17. The standard InChI is InChI=1S/C17H16F2N2O3/c1-11(24-15-9-5-4-8-14(15)19)17(23)21-20-16(22)10-12-6-2-3-7-13(12)18/h2-9,11H,10H2,1H3,(H,20,22)(H,21,23). The molecule has 2 N–H and O–H groups in total. The third-order valence-electron chi connectivity index (χ3n) is 3.14. The van der Waals surface area contributed by atoms with Gasteiger partial charge in [0.25, 0.3) is 5.91 Å². The molecule has 0 aliphatic carbocycles. The topological polar surface area (TPSA) is 67.4 Å². The molecule has 0 saturated heterocycles. The molecule has 24 heavy (non-hydrogen) atoms. The number of carbonyl (C=O) groups is 2. The molecule has 2 rings (SSSR count). The summed E-state index contributed by atoms with van der Waals surface area (Å²) in [5.41, 5.74) is 4.52. The summed E-state index contributed by atoms with van der Waals surface area (Å²) in [6.45, 7) is 1.41. The lowest BCUT2D eigenvalue weighted by Crippen LogP contribution is -2.47. The zero-order valence-corrected chi connectivity index (χ0v) is 12.9. The quantitative estimate of drug-likeness (QED) is 0.823. The number of rotatable bonds is 5. The van der Waals surface area contributed by atoms with Gasteiger partial charge < -0.3 is 4.74 Å². The van der Waals surface area contributed by atoms with E-state index in [1.54, 1.807) is 12.1 Å². The molecule has 5 nitrogen and oxygen atoms in total. The number of hydrogen-bond acceptors (Lipinski definition) is 3. The van der Waals surface area contributed by atoms with Crippen LogP contribution in [0.2, 0.25) is 0 Å². The van der Waals surface area contributed by atoms with Crippen LogP contribution in [-0.4, -0.2) is 17.9 Å². The summed E-state index contributed by atoms with van der Waals surface area (Å²) < 4.78 is 32.1. The van der Waals surface area contributed by atoms with Crippen LogP contribution in [0.1, 0.15) is 12.5 Å². The van der Waals surface area contributed by atoms with Crippen LogP contribution in [0.5, 0.6) is 5.75 Å². The number of hydrogen-bond donors (Lipinski definition) is 2. The summed E-state index contributed by atoms with van der Waals surface area (Å²) in [6.07, 6.45) is -1.26. The van der Waals surface area contributed by atoms with Gasteiger partial charge in [0, 0.05) is 0 Å². The third kappa shape index (κ3) is 4.77. The zero-order chi connectivity index (χ0) is 17.5. The molecule has 0 heterocycles. The Bertz CT molecular complexity index is 737. The lowest BCUT2D eigenvalue weighted by atomic mass is 10.1. The van der Waals surface area contributed by atoms with Crippen molar-refractivity contribution in [2.45, 2.75) is 19.4 Å². The van der Waals surface area contributed by atoms with Gasteiger partial charge in [0.1, 0.15) is 5.82 Å². The Morgan fingerprint density at radius 1 is 1.00 bits per heavy atom. The largest absolute Gasteiger partial charge is 0.478 e. The number of ether oxygens (including phenoxy) is 1. The van der Waals surface area contributed by atoms with Crippen LogP contribution in [-0.2, 0) is 16.0 Å². The molecule has 2 aromatic carbocycles. The summed E-state index contributed by atoms with van der Waals surface area (Å²) in [6, 6.07) is 11.5. The van der Waals surface area contributed by atoms with E-state index in [2.05, 4.69) is 10.9 Å². The molecule has 1 atom stereocenters. The second-order valence-electron chi connectivity index (χ2n) is 5.00. The number of halogens is 2. The zero-order valence-electron chi connectivity index (χ0n) is 12.9. The second-order valence-corrected chi connectivity index (χ2v) is 5.00. The molecule has 0 spiro atoms. The normalized spacial score (nSPS) is 11.5. The van der Waals surface area contributed by atoms with E-state index in [1.165, 1.54) is 43.3 Å². The Balaban J connectivity index is 1.83. The van der Waals surface area contributed by atoms with E-state index in [4.69, 9.17) is 4.74 Å². The second kappa shape index (κ2) is 8.05. The summed E-state index contributed by atoms with van der Waals surface area (Å²) in [7, 11) is 0. The van der Waals surface area contributed by atoms with Crippen LogP contribution in [0.3, 0.4) is 0 Å². The van der Waals surface area contributed by atoms with Crippen LogP contribution in [0.15, 0.2) is 48.5 Å². The molecule has 0 saturated carbocycles. The van der Waals surface area contributed by atoms with Crippen LogP contribution in [0.4, 0.5) is 8.78 Å². The van der Waals surface area contributed by atoms with Crippen LogP contribution < -0.4 is 15.6 Å². The van der Waals surface area contributed by atoms with Gasteiger partial charge in [0.05, 0.1) is 6.42 Å². The summed E-state index contributed by atoms with van der Waals surface area (Å²) >= 11 is 0. The summed E-state index contributed by atoms with van der Waals surface area (Å²) in [5.74, 6) is -2.43. The van der Waals surface area contributed by atoms with Crippen molar-refractivity contribution < 1.29 is 23.1 Å². The van der Waals surface area contributed by atoms with E-state index < -0.39 is 29.6 Å². The average Bonchev–Trinajstić information content (AvgIpc) is 2.56. The molecule has 0 aliphatic heterocycles. The third-order valence-corrected chi connectivity index (χ3v) is 3.14. The number of benzene rings is 2. The van der Waals surface area contributed by atoms with Crippen LogP contribution in [0.25, 0.3) is 0 Å². The molecule has 0 radical (unpaired) electrons. The lowest BCUT2D eigenvalue weighted by molar-refractivity contribution is -0.132. The van der Waals surface area contributed by atoms with Crippen molar-refractivity contribution >= 4 is 11.8 Å². The van der Waals surface area contributed by atoms with Gasteiger partial charge in [-0.25, -0.2) is 8.78 Å². The SMILES string of the molecule is CC(Oc1ccccc1F)C(=O)NNC(=O)Cc1ccccc1F. The fourth-order valence-corrected chi connectivity index (χ4v) is 1.88. The minimum absolute atomic E-state index is 0.0715. The maximum Gasteiger partial charge on any atom is 0.279 e. The van der Waals surface area contributed by atoms with Crippen molar-refractivity contribution in [1.82, 2.24) is 10.9 Å². The smallest absolute Gasteiger partial charge is 0.279 e. The molecule has 126 valence electrons. The Morgan fingerprint density at radius 2 is 1.62 bits per heavy atom. The predicted octanol–water partition coefficient (Wildman–Crippen LogP) is 2.12. The number of para-hydroxylation sites is 1. The molecule has 1 unspecified atom stereocenters. The van der Waals surface area contributed by atoms with Gasteiger partial charge in [-0.1, -0.05) is 30.3 Å². The first kappa shape index (κ1) is 17.4. The van der Waals surface area contributed by atoms with Crippen molar-refractivity contribution in [2.75, 3.05) is 0 Å². The monoisotopic (exact) mass is 334 g/mol. The van der Waals surface area contributed by atoms with E-state index in [1.807, 2.05) is 0 Å². The predicted molar refractivity (Wildman–Crippen MR) is 82.9 cm³/mol. The Morgan fingerprint density at radius 3 is 2.29 bits per heavy atom. The van der Waals surface area contributed by atoms with Gasteiger partial charge in [-0.2, -0.15) is 0 Å². The number of nitrogens with one attached hydrogen (secondary N) is 2. The molecule has 0 aromatic heterocycles. The van der Waals surface area contributed by atoms with E-state index in [0.29, 0.717) is 0 Å². The first-order valence-electron chi connectivity index (χ1n) is 7.20. The highest BCUT2D eigenvalue weighted by molar-refractivity contribution is 5.85. The highest BCUT2D eigenvalue weighted by Crippen LogP contribution is 2.16. The van der Waals surface area contributed by atoms with Gasteiger partial charge in [-0.3, -0.25) is 20.4 Å². The fourth-order valence-electron chi connectivity index (χ4n) is 1.88. The van der Waals surface area contributed by atoms with E-state index in [9.17, 15) is 18.4 Å². The van der Waals surface area contributed by atoms with E-state index in [-0.39, 0.29) is 17.7 Å². The van der Waals surface area contributed by atoms with Gasteiger partial charge in [-0.05, 0) is 30.7 Å². The van der Waals surface area contributed by atoms with Gasteiger partial charge in [-0.15, -0.1) is 0 Å². The molecule has 0 aliphatic rings. The molecular formula is C17H16F2N2O3. The Hall–Kier alpha value is -2.96. The number of amides is 2. The van der Waals surface area contributed by atoms with Crippen molar-refractivity contribution in [3.63, 3.8) is 0 Å². The van der Waals surface area contributed by atoms with Crippen LogP contribution in [0, 0.1) is 11.6 Å². The minimum atomic E-state index is -1.03. The highest BCUT2D eigenvalue weighted by atomic mass is 19.1.